The van der Waals surface area contributed by atoms with Crippen molar-refractivity contribution in [3.63, 3.8) is 0 Å². The lowest BCUT2D eigenvalue weighted by molar-refractivity contribution is -0.384. The van der Waals surface area contributed by atoms with Crippen molar-refractivity contribution in [3.8, 4) is 23.1 Å². The smallest absolute Gasteiger partial charge is 0.289 e. The van der Waals surface area contributed by atoms with Gasteiger partial charge >= 0.3 is 0 Å². The van der Waals surface area contributed by atoms with Crippen LogP contribution in [0.4, 0.5) is 5.69 Å². The van der Waals surface area contributed by atoms with Gasteiger partial charge in [0.2, 0.25) is 0 Å². The van der Waals surface area contributed by atoms with Crippen LogP contribution in [0.3, 0.4) is 0 Å². The second-order valence-electron chi connectivity index (χ2n) is 7.60. The molecule has 0 unspecified atom stereocenters. The van der Waals surface area contributed by atoms with E-state index in [1.807, 2.05) is 24.3 Å². The molecule has 1 fully saturated rings. The van der Waals surface area contributed by atoms with E-state index < -0.39 is 11.0 Å². The second kappa shape index (κ2) is 9.54. The molecule has 1 aliphatic rings. The molecule has 168 valence electrons. The van der Waals surface area contributed by atoms with Crippen LogP contribution in [0.15, 0.2) is 65.1 Å². The lowest BCUT2D eigenvalue weighted by Crippen LogP contribution is -2.49. The van der Waals surface area contributed by atoms with Crippen LogP contribution in [0.1, 0.15) is 22.2 Å². The number of nitriles is 1. The largest absolute Gasteiger partial charge is 0.497 e. The Bertz CT molecular complexity index is 1170. The molecule has 0 bridgehead atoms. The second-order valence-corrected chi connectivity index (χ2v) is 7.60. The number of hydrogen-bond donors (Lipinski definition) is 0. The summed E-state index contributed by atoms with van der Waals surface area (Å²) in [4.78, 5) is 27.0. The van der Waals surface area contributed by atoms with Crippen molar-refractivity contribution in [2.45, 2.75) is 6.04 Å². The van der Waals surface area contributed by atoms with Crippen molar-refractivity contribution < 1.29 is 18.9 Å². The van der Waals surface area contributed by atoms with Crippen LogP contribution < -0.4 is 4.74 Å². The maximum Gasteiger partial charge on any atom is 0.289 e. The van der Waals surface area contributed by atoms with Crippen LogP contribution in [0.2, 0.25) is 0 Å². The van der Waals surface area contributed by atoms with Gasteiger partial charge in [0.15, 0.2) is 5.76 Å². The normalized spacial score (nSPS) is 15.0. The molecule has 2 aromatic carbocycles. The molecule has 0 spiro atoms. The molecule has 0 saturated carbocycles. The van der Waals surface area contributed by atoms with Gasteiger partial charge in [-0.05, 0) is 42.0 Å². The van der Waals surface area contributed by atoms with Crippen LogP contribution in [0, 0.1) is 21.4 Å². The van der Waals surface area contributed by atoms with E-state index >= 15 is 0 Å². The summed E-state index contributed by atoms with van der Waals surface area (Å²) in [6.07, 6.45) is 0. The number of carbonyl (C=O) groups is 1. The number of rotatable bonds is 6. The summed E-state index contributed by atoms with van der Waals surface area (Å²) in [6, 6.07) is 18.6. The average Bonchev–Trinajstić information content (AvgIpc) is 3.35. The third kappa shape index (κ3) is 4.71. The van der Waals surface area contributed by atoms with E-state index in [0.717, 1.165) is 11.3 Å². The number of amides is 1. The highest BCUT2D eigenvalue weighted by Gasteiger charge is 2.28. The van der Waals surface area contributed by atoms with Crippen LogP contribution in [-0.2, 0) is 0 Å². The van der Waals surface area contributed by atoms with E-state index in [4.69, 9.17) is 9.15 Å². The summed E-state index contributed by atoms with van der Waals surface area (Å²) in [5.41, 5.74) is 1.53. The summed E-state index contributed by atoms with van der Waals surface area (Å²) < 4.78 is 10.9. The SMILES string of the molecule is COc1ccc([C@@H](C#N)N2CCN(C(=O)c3ccc(-c4ccc([N+](=O)[O-])cc4)o3)CC2)cc1. The van der Waals surface area contributed by atoms with Crippen molar-refractivity contribution in [2.75, 3.05) is 33.3 Å². The van der Waals surface area contributed by atoms with Crippen LogP contribution in [0.5, 0.6) is 5.75 Å². The van der Waals surface area contributed by atoms with Crippen LogP contribution in [-0.4, -0.2) is 53.9 Å². The topological polar surface area (TPSA) is 113 Å². The fourth-order valence-corrected chi connectivity index (χ4v) is 3.85. The molecular weight excluding hydrogens is 424 g/mol. The van der Waals surface area contributed by atoms with Gasteiger partial charge in [-0.2, -0.15) is 5.26 Å². The highest BCUT2D eigenvalue weighted by atomic mass is 16.6. The Kier molecular flexibility index (Phi) is 6.38. The molecule has 1 amide bonds. The van der Waals surface area contributed by atoms with Gasteiger partial charge in [0.1, 0.15) is 17.6 Å². The highest BCUT2D eigenvalue weighted by molar-refractivity contribution is 5.92. The van der Waals surface area contributed by atoms with E-state index in [0.29, 0.717) is 37.5 Å². The van der Waals surface area contributed by atoms with E-state index in [1.54, 1.807) is 36.3 Å². The first-order valence-electron chi connectivity index (χ1n) is 10.4. The summed E-state index contributed by atoms with van der Waals surface area (Å²) in [5.74, 6) is 1.19. The number of hydrogen-bond acceptors (Lipinski definition) is 7. The third-order valence-corrected chi connectivity index (χ3v) is 5.70. The van der Waals surface area contributed by atoms with Crippen molar-refractivity contribution in [1.29, 1.82) is 5.26 Å². The Hall–Kier alpha value is -4.16. The minimum Gasteiger partial charge on any atom is -0.497 e. The Balaban J connectivity index is 1.39. The lowest BCUT2D eigenvalue weighted by atomic mass is 10.1. The summed E-state index contributed by atoms with van der Waals surface area (Å²) in [7, 11) is 1.60. The quantitative estimate of drug-likeness (QED) is 0.417. The number of non-ortho nitro benzene ring substituents is 1. The summed E-state index contributed by atoms with van der Waals surface area (Å²) in [5, 5.41) is 20.5. The first-order valence-corrected chi connectivity index (χ1v) is 10.4. The average molecular weight is 446 g/mol. The van der Waals surface area contributed by atoms with Crippen molar-refractivity contribution >= 4 is 11.6 Å². The maximum absolute atomic E-state index is 12.9. The first-order chi connectivity index (χ1) is 16.0. The Morgan fingerprint density at radius 1 is 1.06 bits per heavy atom. The van der Waals surface area contributed by atoms with Crippen molar-refractivity contribution in [3.05, 3.63) is 82.1 Å². The van der Waals surface area contributed by atoms with E-state index in [9.17, 15) is 20.2 Å². The summed E-state index contributed by atoms with van der Waals surface area (Å²) in [6.45, 7) is 2.07. The maximum atomic E-state index is 12.9. The van der Waals surface area contributed by atoms with Gasteiger partial charge < -0.3 is 14.1 Å². The van der Waals surface area contributed by atoms with Gasteiger partial charge in [-0.15, -0.1) is 0 Å². The molecule has 0 aliphatic carbocycles. The first kappa shape index (κ1) is 22.0. The molecule has 0 radical (unpaired) electrons. The van der Waals surface area contributed by atoms with E-state index in [-0.39, 0.29) is 17.4 Å². The number of furan rings is 1. The van der Waals surface area contributed by atoms with Crippen molar-refractivity contribution in [2.24, 2.45) is 0 Å². The van der Waals surface area contributed by atoms with Gasteiger partial charge in [0, 0.05) is 43.9 Å². The zero-order chi connectivity index (χ0) is 23.4. The number of methoxy groups -OCH3 is 1. The number of benzene rings is 2. The van der Waals surface area contributed by atoms with Crippen molar-refractivity contribution in [1.82, 2.24) is 9.80 Å². The molecule has 33 heavy (non-hydrogen) atoms. The van der Waals surface area contributed by atoms with E-state index in [2.05, 4.69) is 11.0 Å². The molecule has 1 aromatic heterocycles. The number of nitro groups is 1. The Labute approximate surface area is 190 Å². The zero-order valence-corrected chi connectivity index (χ0v) is 18.0. The Morgan fingerprint density at radius 3 is 2.30 bits per heavy atom. The minimum absolute atomic E-state index is 0.00945. The predicted octanol–water partition coefficient (Wildman–Crippen LogP) is 3.89. The zero-order valence-electron chi connectivity index (χ0n) is 18.0. The molecule has 2 heterocycles. The Morgan fingerprint density at radius 2 is 1.73 bits per heavy atom. The molecule has 1 saturated heterocycles. The molecular formula is C24H22N4O5. The fourth-order valence-electron chi connectivity index (χ4n) is 3.85. The van der Waals surface area contributed by atoms with Gasteiger partial charge in [0.05, 0.1) is 18.1 Å². The van der Waals surface area contributed by atoms with Crippen LogP contribution in [0.25, 0.3) is 11.3 Å². The van der Waals surface area contributed by atoms with Gasteiger partial charge in [0.25, 0.3) is 11.6 Å². The predicted molar refractivity (Wildman–Crippen MR) is 120 cm³/mol. The van der Waals surface area contributed by atoms with Crippen LogP contribution >= 0.6 is 0 Å². The number of nitro benzene ring substituents is 1. The number of nitrogens with zero attached hydrogens (tertiary/aromatic N) is 4. The molecule has 9 heteroatoms. The molecule has 4 rings (SSSR count). The van der Waals surface area contributed by atoms with Gasteiger partial charge in [-0.3, -0.25) is 19.8 Å². The molecule has 9 nitrogen and oxygen atoms in total. The number of piperazine rings is 1. The fraction of sp³-hybridized carbons (Fsp3) is 0.250. The van der Waals surface area contributed by atoms with E-state index in [1.165, 1.54) is 12.1 Å². The standard InChI is InChI=1S/C24H22N4O5/c1-32-20-8-4-17(5-9-20)21(16-25)26-12-14-27(15-13-26)24(29)23-11-10-22(33-23)18-2-6-19(7-3-18)28(30)31/h2-11,21H,12-15H2,1H3/t21-/m1/s1. The third-order valence-electron chi connectivity index (χ3n) is 5.70. The minimum atomic E-state index is -0.466. The van der Waals surface area contributed by atoms with Gasteiger partial charge in [-0.25, -0.2) is 0 Å². The summed E-state index contributed by atoms with van der Waals surface area (Å²) >= 11 is 0. The molecule has 3 aromatic rings. The molecule has 1 aliphatic heterocycles. The molecule has 0 N–H and O–H groups in total. The van der Waals surface area contributed by atoms with Gasteiger partial charge in [-0.1, -0.05) is 12.1 Å². The number of carbonyl (C=O) groups excluding carboxylic acids is 1. The highest BCUT2D eigenvalue weighted by Crippen LogP contribution is 2.27. The monoisotopic (exact) mass is 446 g/mol. The lowest BCUT2D eigenvalue weighted by Gasteiger charge is -2.36. The molecule has 1 atom stereocenters. The number of ether oxygens (including phenoxy) is 1.